The van der Waals surface area contributed by atoms with Gasteiger partial charge in [-0.05, 0) is 25.0 Å². The molecule has 1 amide bonds. The summed E-state index contributed by atoms with van der Waals surface area (Å²) in [6, 6.07) is 5.09. The fraction of sp³-hybridized carbons (Fsp3) is 0.429. The molecule has 5 nitrogen and oxygen atoms in total. The van der Waals surface area contributed by atoms with Crippen molar-refractivity contribution in [2.75, 3.05) is 19.0 Å². The maximum atomic E-state index is 12.3. The van der Waals surface area contributed by atoms with Crippen molar-refractivity contribution < 1.29 is 19.1 Å². The fourth-order valence-electron chi connectivity index (χ4n) is 2.56. The van der Waals surface area contributed by atoms with Crippen LogP contribution in [0.2, 0.25) is 0 Å². The van der Waals surface area contributed by atoms with Crippen LogP contribution in [0.3, 0.4) is 0 Å². The Bertz CT molecular complexity index is 548. The molecule has 100 valence electrons. The minimum Gasteiger partial charge on any atom is -0.490 e. The van der Waals surface area contributed by atoms with Crippen LogP contribution in [-0.4, -0.2) is 25.6 Å². The lowest BCUT2D eigenvalue weighted by atomic mass is 9.69. The molecule has 0 atom stereocenters. The third-order valence-corrected chi connectivity index (χ3v) is 3.97. The van der Waals surface area contributed by atoms with Crippen molar-refractivity contribution in [3.05, 3.63) is 23.8 Å². The Morgan fingerprint density at radius 1 is 1.42 bits per heavy atom. The van der Waals surface area contributed by atoms with Crippen LogP contribution in [0, 0.1) is 5.41 Å². The van der Waals surface area contributed by atoms with Gasteiger partial charge in [-0.15, -0.1) is 0 Å². The summed E-state index contributed by atoms with van der Waals surface area (Å²) in [5, 5.41) is 2.83. The van der Waals surface area contributed by atoms with Crippen molar-refractivity contribution in [2.45, 2.75) is 19.3 Å². The first-order valence-electron chi connectivity index (χ1n) is 6.32. The SMILES string of the molecule is COC(=O)c1cccc2c1NC(=O)C1(CCC1)CO2. The molecule has 0 aromatic heterocycles. The van der Waals surface area contributed by atoms with Gasteiger partial charge in [0.2, 0.25) is 5.91 Å². The number of ether oxygens (including phenoxy) is 2. The van der Waals surface area contributed by atoms with E-state index in [1.165, 1.54) is 7.11 Å². The average Bonchev–Trinajstić information content (AvgIpc) is 2.52. The highest BCUT2D eigenvalue weighted by Gasteiger charge is 2.47. The van der Waals surface area contributed by atoms with Crippen LogP contribution < -0.4 is 10.1 Å². The van der Waals surface area contributed by atoms with E-state index in [9.17, 15) is 9.59 Å². The maximum Gasteiger partial charge on any atom is 0.340 e. The Hall–Kier alpha value is -2.04. The lowest BCUT2D eigenvalue weighted by Crippen LogP contribution is -2.45. The molecule has 0 saturated heterocycles. The third kappa shape index (κ3) is 1.77. The van der Waals surface area contributed by atoms with Crippen LogP contribution in [0.15, 0.2) is 18.2 Å². The second-order valence-corrected chi connectivity index (χ2v) is 5.05. The van der Waals surface area contributed by atoms with Gasteiger partial charge in [0.1, 0.15) is 12.4 Å². The van der Waals surface area contributed by atoms with E-state index in [-0.39, 0.29) is 5.91 Å². The summed E-state index contributed by atoms with van der Waals surface area (Å²) >= 11 is 0. The molecule has 5 heteroatoms. The molecule has 3 rings (SSSR count). The van der Waals surface area contributed by atoms with Gasteiger partial charge in [-0.3, -0.25) is 4.79 Å². The Labute approximate surface area is 110 Å². The summed E-state index contributed by atoms with van der Waals surface area (Å²) in [6.45, 7) is 0.371. The molecule has 1 N–H and O–H groups in total. The van der Waals surface area contributed by atoms with Crippen molar-refractivity contribution in [2.24, 2.45) is 5.41 Å². The largest absolute Gasteiger partial charge is 0.490 e. The lowest BCUT2D eigenvalue weighted by molar-refractivity contribution is -0.132. The minimum atomic E-state index is -0.481. The summed E-state index contributed by atoms with van der Waals surface area (Å²) in [6.07, 6.45) is 2.71. The fourth-order valence-corrected chi connectivity index (χ4v) is 2.56. The number of benzene rings is 1. The number of anilines is 1. The van der Waals surface area contributed by atoms with Crippen molar-refractivity contribution in [3.63, 3.8) is 0 Å². The molecule has 1 aliphatic heterocycles. The van der Waals surface area contributed by atoms with E-state index in [0.717, 1.165) is 19.3 Å². The van der Waals surface area contributed by atoms with E-state index < -0.39 is 11.4 Å². The maximum absolute atomic E-state index is 12.3. The van der Waals surface area contributed by atoms with Crippen LogP contribution >= 0.6 is 0 Å². The molecule has 2 aliphatic rings. The van der Waals surface area contributed by atoms with E-state index in [0.29, 0.717) is 23.6 Å². The van der Waals surface area contributed by atoms with Gasteiger partial charge >= 0.3 is 5.97 Å². The highest BCUT2D eigenvalue weighted by atomic mass is 16.5. The highest BCUT2D eigenvalue weighted by Crippen LogP contribution is 2.45. The van der Waals surface area contributed by atoms with Crippen molar-refractivity contribution in [1.29, 1.82) is 0 Å². The Morgan fingerprint density at radius 2 is 2.21 bits per heavy atom. The molecule has 0 bridgehead atoms. The van der Waals surface area contributed by atoms with Gasteiger partial charge in [-0.2, -0.15) is 0 Å². The van der Waals surface area contributed by atoms with E-state index in [1.807, 2.05) is 0 Å². The monoisotopic (exact) mass is 261 g/mol. The number of carbonyl (C=O) groups is 2. The van der Waals surface area contributed by atoms with Crippen molar-refractivity contribution in [1.82, 2.24) is 0 Å². The van der Waals surface area contributed by atoms with Crippen LogP contribution in [-0.2, 0) is 9.53 Å². The zero-order chi connectivity index (χ0) is 13.5. The lowest BCUT2D eigenvalue weighted by Gasteiger charge is -2.37. The third-order valence-electron chi connectivity index (χ3n) is 3.97. The summed E-state index contributed by atoms with van der Waals surface area (Å²) in [5.74, 6) is -0.0146. The first-order valence-corrected chi connectivity index (χ1v) is 6.32. The average molecular weight is 261 g/mol. The van der Waals surface area contributed by atoms with Crippen LogP contribution in [0.4, 0.5) is 5.69 Å². The zero-order valence-corrected chi connectivity index (χ0v) is 10.7. The highest BCUT2D eigenvalue weighted by molar-refractivity contribution is 6.05. The second-order valence-electron chi connectivity index (χ2n) is 5.05. The first kappa shape index (κ1) is 12.0. The molecule has 1 aromatic rings. The molecule has 0 unspecified atom stereocenters. The molecule has 1 saturated carbocycles. The summed E-state index contributed by atoms with van der Waals surface area (Å²) < 4.78 is 10.4. The Morgan fingerprint density at radius 3 is 2.84 bits per heavy atom. The predicted octanol–water partition coefficient (Wildman–Crippen LogP) is 1.97. The van der Waals surface area contributed by atoms with Crippen LogP contribution in [0.25, 0.3) is 0 Å². The number of carbonyl (C=O) groups excluding carboxylic acids is 2. The number of amides is 1. The molecule has 1 aliphatic carbocycles. The second kappa shape index (κ2) is 4.26. The van der Waals surface area contributed by atoms with Crippen molar-refractivity contribution >= 4 is 17.6 Å². The Balaban J connectivity index is 2.01. The number of rotatable bonds is 1. The smallest absolute Gasteiger partial charge is 0.340 e. The number of methoxy groups -OCH3 is 1. The number of hydrogen-bond acceptors (Lipinski definition) is 4. The van der Waals surface area contributed by atoms with E-state index in [4.69, 9.17) is 9.47 Å². The summed E-state index contributed by atoms with van der Waals surface area (Å²) in [4.78, 5) is 24.0. The molecular formula is C14H15NO4. The van der Waals surface area contributed by atoms with Gasteiger partial charge in [-0.25, -0.2) is 4.79 Å². The zero-order valence-electron chi connectivity index (χ0n) is 10.7. The molecule has 1 aromatic carbocycles. The number of fused-ring (bicyclic) bond motifs is 1. The topological polar surface area (TPSA) is 64.6 Å². The molecule has 1 fully saturated rings. The quantitative estimate of drug-likeness (QED) is 0.785. The summed E-state index contributed by atoms with van der Waals surface area (Å²) in [7, 11) is 1.31. The standard InChI is InChI=1S/C14H15NO4/c1-18-12(16)9-4-2-5-10-11(9)15-13(17)14(8-19-10)6-3-7-14/h2,4-5H,3,6-8H2,1H3,(H,15,17). The van der Waals surface area contributed by atoms with Gasteiger partial charge in [0.05, 0.1) is 23.8 Å². The molecule has 1 heterocycles. The minimum absolute atomic E-state index is 0.0612. The van der Waals surface area contributed by atoms with E-state index in [1.54, 1.807) is 18.2 Å². The van der Waals surface area contributed by atoms with Gasteiger partial charge < -0.3 is 14.8 Å². The molecular weight excluding hydrogens is 246 g/mol. The molecule has 1 spiro atoms. The summed E-state index contributed by atoms with van der Waals surface area (Å²) in [5.41, 5.74) is 0.319. The van der Waals surface area contributed by atoms with E-state index >= 15 is 0 Å². The van der Waals surface area contributed by atoms with Gasteiger partial charge in [0.15, 0.2) is 0 Å². The van der Waals surface area contributed by atoms with Crippen LogP contribution in [0.1, 0.15) is 29.6 Å². The van der Waals surface area contributed by atoms with Crippen molar-refractivity contribution in [3.8, 4) is 5.75 Å². The normalized spacial score (nSPS) is 19.5. The van der Waals surface area contributed by atoms with E-state index in [2.05, 4.69) is 5.32 Å². The number of hydrogen-bond donors (Lipinski definition) is 1. The van der Waals surface area contributed by atoms with Gasteiger partial charge in [0.25, 0.3) is 0 Å². The Kier molecular flexibility index (Phi) is 2.69. The van der Waals surface area contributed by atoms with Crippen LogP contribution in [0.5, 0.6) is 5.75 Å². The number of para-hydroxylation sites is 1. The molecule has 0 radical (unpaired) electrons. The number of nitrogens with one attached hydrogen (secondary N) is 1. The van der Waals surface area contributed by atoms with Gasteiger partial charge in [0, 0.05) is 0 Å². The molecule has 19 heavy (non-hydrogen) atoms. The number of esters is 1. The van der Waals surface area contributed by atoms with Gasteiger partial charge in [-0.1, -0.05) is 12.5 Å². The first-order chi connectivity index (χ1) is 9.16. The predicted molar refractivity (Wildman–Crippen MR) is 68.2 cm³/mol.